The van der Waals surface area contributed by atoms with E-state index in [0.717, 1.165) is 35.3 Å². The molecule has 1 aromatic heterocycles. The van der Waals surface area contributed by atoms with Gasteiger partial charge in [-0.15, -0.1) is 0 Å². The second-order valence-corrected chi connectivity index (χ2v) is 7.76. The number of halogens is 3. The minimum Gasteiger partial charge on any atom is -0.255 e. The van der Waals surface area contributed by atoms with Crippen LogP contribution in [-0.2, 0) is 22.6 Å². The van der Waals surface area contributed by atoms with Crippen molar-refractivity contribution in [2.75, 3.05) is 0 Å². The minimum atomic E-state index is -4.34. The third kappa shape index (κ3) is 4.64. The van der Waals surface area contributed by atoms with Gasteiger partial charge in [-0.2, -0.15) is 13.2 Å². The number of nitrogens with zero attached hydrogens (tertiary/aromatic N) is 1. The number of aromatic nitrogens is 1. The van der Waals surface area contributed by atoms with Crippen LogP contribution in [0.4, 0.5) is 13.2 Å². The normalized spacial score (nSPS) is 14.8. The van der Waals surface area contributed by atoms with Gasteiger partial charge in [0.15, 0.2) is 0 Å². The molecule has 0 fully saturated rings. The lowest BCUT2D eigenvalue weighted by Crippen LogP contribution is -2.12. The molecule has 1 aliphatic rings. The zero-order chi connectivity index (χ0) is 19.7. The highest BCUT2D eigenvalue weighted by atomic mass is 32.2. The molecule has 0 unspecified atom stereocenters. The highest BCUT2D eigenvalue weighted by Gasteiger charge is 2.29. The average Bonchev–Trinajstić information content (AvgIpc) is 3.07. The number of nitrogens with two attached hydrogens (primary N) is 1. The lowest BCUT2D eigenvalue weighted by molar-refractivity contribution is -0.137. The van der Waals surface area contributed by atoms with Crippen LogP contribution < -0.4 is 5.14 Å². The fraction of sp³-hybridized carbons (Fsp3) is 0.211. The fourth-order valence-corrected chi connectivity index (χ4v) is 3.37. The summed E-state index contributed by atoms with van der Waals surface area (Å²) in [4.78, 5) is 4.12. The Morgan fingerprint density at radius 3 is 2.26 bits per heavy atom. The van der Waals surface area contributed by atoms with Gasteiger partial charge in [-0.3, -0.25) is 4.98 Å². The van der Waals surface area contributed by atoms with Crippen molar-refractivity contribution < 1.29 is 21.6 Å². The Morgan fingerprint density at radius 2 is 1.70 bits per heavy atom. The van der Waals surface area contributed by atoms with Crippen molar-refractivity contribution in [1.29, 1.82) is 0 Å². The van der Waals surface area contributed by atoms with E-state index in [9.17, 15) is 21.6 Å². The molecule has 4 nitrogen and oxygen atoms in total. The number of hydrogen-bond acceptors (Lipinski definition) is 3. The number of sulfonamides is 1. The zero-order valence-corrected chi connectivity index (χ0v) is 15.0. The van der Waals surface area contributed by atoms with E-state index in [0.29, 0.717) is 18.5 Å². The SMILES string of the molecule is NS(=O)(=O)c1ccc(C2=CCC=C2CCc2ccc(C(F)(F)F)cc2)nc1. The molecule has 0 spiro atoms. The van der Waals surface area contributed by atoms with E-state index in [1.807, 2.05) is 12.2 Å². The molecule has 8 heteroatoms. The van der Waals surface area contributed by atoms with Gasteiger partial charge in [0.25, 0.3) is 0 Å². The maximum atomic E-state index is 12.6. The van der Waals surface area contributed by atoms with Gasteiger partial charge in [-0.05, 0) is 60.2 Å². The van der Waals surface area contributed by atoms with E-state index in [2.05, 4.69) is 4.98 Å². The van der Waals surface area contributed by atoms with Crippen molar-refractivity contribution in [3.63, 3.8) is 0 Å². The number of alkyl halides is 3. The molecular weight excluding hydrogens is 377 g/mol. The number of aryl methyl sites for hydroxylation is 1. The van der Waals surface area contributed by atoms with Crippen LogP contribution >= 0.6 is 0 Å². The van der Waals surface area contributed by atoms with Crippen LogP contribution in [-0.4, -0.2) is 13.4 Å². The summed E-state index contributed by atoms with van der Waals surface area (Å²) in [7, 11) is -3.79. The van der Waals surface area contributed by atoms with E-state index >= 15 is 0 Å². The molecule has 142 valence electrons. The Bertz CT molecular complexity index is 991. The average molecular weight is 394 g/mol. The molecule has 0 saturated carbocycles. The van der Waals surface area contributed by atoms with Crippen molar-refractivity contribution >= 4 is 15.6 Å². The first-order valence-corrected chi connectivity index (χ1v) is 9.74. The van der Waals surface area contributed by atoms with Gasteiger partial charge in [-0.1, -0.05) is 24.3 Å². The second kappa shape index (κ2) is 7.28. The smallest absolute Gasteiger partial charge is 0.255 e. The van der Waals surface area contributed by atoms with E-state index < -0.39 is 21.8 Å². The molecule has 27 heavy (non-hydrogen) atoms. The van der Waals surface area contributed by atoms with E-state index in [-0.39, 0.29) is 4.90 Å². The number of benzene rings is 1. The molecule has 0 aliphatic heterocycles. The number of primary sulfonamides is 1. The quantitative estimate of drug-likeness (QED) is 0.830. The van der Waals surface area contributed by atoms with Crippen LogP contribution in [0.1, 0.15) is 29.7 Å². The van der Waals surface area contributed by atoms with Gasteiger partial charge in [0.05, 0.1) is 11.3 Å². The number of hydrogen-bond donors (Lipinski definition) is 1. The topological polar surface area (TPSA) is 73.1 Å². The monoisotopic (exact) mass is 394 g/mol. The highest BCUT2D eigenvalue weighted by molar-refractivity contribution is 7.89. The number of allylic oxidation sites excluding steroid dienone is 4. The first-order valence-electron chi connectivity index (χ1n) is 8.19. The van der Waals surface area contributed by atoms with Crippen molar-refractivity contribution in [3.8, 4) is 0 Å². The van der Waals surface area contributed by atoms with Crippen molar-refractivity contribution in [2.45, 2.75) is 30.3 Å². The van der Waals surface area contributed by atoms with Gasteiger partial charge in [0.2, 0.25) is 10.0 Å². The summed E-state index contributed by atoms with van der Waals surface area (Å²) < 4.78 is 60.5. The predicted molar refractivity (Wildman–Crippen MR) is 96.1 cm³/mol. The maximum absolute atomic E-state index is 12.6. The molecule has 0 saturated heterocycles. The Morgan fingerprint density at radius 1 is 1.00 bits per heavy atom. The van der Waals surface area contributed by atoms with Gasteiger partial charge in [-0.25, -0.2) is 13.6 Å². The Balaban J connectivity index is 1.68. The molecule has 2 aromatic rings. The predicted octanol–water partition coefficient (Wildman–Crippen LogP) is 4.09. The Kier molecular flexibility index (Phi) is 5.21. The summed E-state index contributed by atoms with van der Waals surface area (Å²) in [5, 5.41) is 5.07. The van der Waals surface area contributed by atoms with Gasteiger partial charge >= 0.3 is 6.18 Å². The summed E-state index contributed by atoms with van der Waals surface area (Å²) in [5.41, 5.74) is 2.73. The van der Waals surface area contributed by atoms with Crippen LogP contribution in [0.5, 0.6) is 0 Å². The molecule has 0 atom stereocenters. The van der Waals surface area contributed by atoms with E-state index in [1.54, 1.807) is 6.07 Å². The number of rotatable bonds is 5. The lowest BCUT2D eigenvalue weighted by Gasteiger charge is -2.10. The van der Waals surface area contributed by atoms with Gasteiger partial charge < -0.3 is 0 Å². The van der Waals surface area contributed by atoms with Crippen LogP contribution in [0, 0.1) is 0 Å². The van der Waals surface area contributed by atoms with E-state index in [4.69, 9.17) is 5.14 Å². The van der Waals surface area contributed by atoms with Crippen LogP contribution in [0.25, 0.3) is 5.57 Å². The van der Waals surface area contributed by atoms with Gasteiger partial charge in [0.1, 0.15) is 4.90 Å². The van der Waals surface area contributed by atoms with Crippen LogP contribution in [0.2, 0.25) is 0 Å². The lowest BCUT2D eigenvalue weighted by atomic mass is 9.98. The summed E-state index contributed by atoms with van der Waals surface area (Å²) in [6, 6.07) is 8.15. The summed E-state index contributed by atoms with van der Waals surface area (Å²) in [6.07, 6.45) is 2.88. The fourth-order valence-electron chi connectivity index (χ4n) is 2.91. The van der Waals surface area contributed by atoms with Gasteiger partial charge in [0, 0.05) is 6.20 Å². The molecule has 1 aromatic carbocycles. The molecule has 0 amide bonds. The summed E-state index contributed by atoms with van der Waals surface area (Å²) >= 11 is 0. The highest BCUT2D eigenvalue weighted by Crippen LogP contribution is 2.32. The maximum Gasteiger partial charge on any atom is 0.416 e. The molecule has 0 radical (unpaired) electrons. The third-order valence-corrected chi connectivity index (χ3v) is 5.24. The number of pyridine rings is 1. The molecule has 0 bridgehead atoms. The molecule has 1 heterocycles. The Labute approximate surface area is 155 Å². The summed E-state index contributed by atoms with van der Waals surface area (Å²) in [6.45, 7) is 0. The minimum absolute atomic E-state index is 0.0554. The molecular formula is C19H17F3N2O2S. The van der Waals surface area contributed by atoms with Crippen LogP contribution in [0.15, 0.2) is 65.2 Å². The molecule has 2 N–H and O–H groups in total. The standard InChI is InChI=1S/C19H17F3N2O2S/c20-19(21,22)15-8-5-13(6-9-15)4-7-14-2-1-3-17(14)18-11-10-16(12-24-18)27(23,25)26/h2-3,5-6,8-12H,1,4,7H2,(H2,23,25,26). The molecule has 3 rings (SSSR count). The second-order valence-electron chi connectivity index (χ2n) is 6.20. The Hall–Kier alpha value is -2.45. The first-order chi connectivity index (χ1) is 12.6. The van der Waals surface area contributed by atoms with E-state index in [1.165, 1.54) is 24.4 Å². The summed E-state index contributed by atoms with van der Waals surface area (Å²) in [5.74, 6) is 0. The third-order valence-electron chi connectivity index (χ3n) is 4.34. The molecule has 1 aliphatic carbocycles. The van der Waals surface area contributed by atoms with Crippen molar-refractivity contribution in [2.24, 2.45) is 5.14 Å². The van der Waals surface area contributed by atoms with Crippen molar-refractivity contribution in [3.05, 3.63) is 77.1 Å². The van der Waals surface area contributed by atoms with Crippen LogP contribution in [0.3, 0.4) is 0 Å². The first kappa shape index (κ1) is 19.3. The zero-order valence-electron chi connectivity index (χ0n) is 14.2. The van der Waals surface area contributed by atoms with Crippen molar-refractivity contribution in [1.82, 2.24) is 4.98 Å². The largest absolute Gasteiger partial charge is 0.416 e.